The van der Waals surface area contributed by atoms with Gasteiger partial charge >= 0.3 is 0 Å². The van der Waals surface area contributed by atoms with Crippen LogP contribution in [0.15, 0.2) is 35.7 Å². The van der Waals surface area contributed by atoms with Gasteiger partial charge in [0, 0.05) is 38.9 Å². The number of piperazine rings is 1. The SMILES string of the molecule is Cc1cccc(N2CCN(C(=O)CN(C)C(=O)c3cccs3)CC2)c1C. The van der Waals surface area contributed by atoms with Gasteiger partial charge in [0.1, 0.15) is 0 Å². The molecule has 1 aromatic heterocycles. The molecular formula is C20H25N3O2S. The van der Waals surface area contributed by atoms with Crippen molar-refractivity contribution in [3.05, 3.63) is 51.7 Å². The summed E-state index contributed by atoms with van der Waals surface area (Å²) in [4.78, 5) is 31.2. The Morgan fingerprint density at radius 3 is 2.46 bits per heavy atom. The summed E-state index contributed by atoms with van der Waals surface area (Å²) < 4.78 is 0. The van der Waals surface area contributed by atoms with Crippen LogP contribution in [0.3, 0.4) is 0 Å². The predicted octanol–water partition coefficient (Wildman–Crippen LogP) is 2.79. The van der Waals surface area contributed by atoms with E-state index in [-0.39, 0.29) is 18.4 Å². The number of likely N-dealkylation sites (N-methyl/N-ethyl adjacent to an activating group) is 1. The van der Waals surface area contributed by atoms with E-state index in [2.05, 4.69) is 36.9 Å². The molecule has 138 valence electrons. The van der Waals surface area contributed by atoms with Crippen LogP contribution in [0.2, 0.25) is 0 Å². The first kappa shape index (κ1) is 18.5. The van der Waals surface area contributed by atoms with Gasteiger partial charge in [0.2, 0.25) is 5.91 Å². The highest BCUT2D eigenvalue weighted by Crippen LogP contribution is 2.24. The van der Waals surface area contributed by atoms with Crippen LogP contribution in [0.1, 0.15) is 20.8 Å². The fourth-order valence-corrected chi connectivity index (χ4v) is 3.96. The first-order chi connectivity index (χ1) is 12.5. The lowest BCUT2D eigenvalue weighted by molar-refractivity contribution is -0.131. The van der Waals surface area contributed by atoms with Crippen molar-refractivity contribution in [1.82, 2.24) is 9.80 Å². The van der Waals surface area contributed by atoms with Crippen molar-refractivity contribution in [3.8, 4) is 0 Å². The molecule has 0 atom stereocenters. The van der Waals surface area contributed by atoms with Crippen LogP contribution in [0.5, 0.6) is 0 Å². The molecule has 1 aromatic carbocycles. The molecule has 1 saturated heterocycles. The monoisotopic (exact) mass is 371 g/mol. The Balaban J connectivity index is 1.55. The lowest BCUT2D eigenvalue weighted by atomic mass is 10.1. The molecule has 26 heavy (non-hydrogen) atoms. The Labute approximate surface area is 158 Å². The zero-order valence-corrected chi connectivity index (χ0v) is 16.4. The number of thiophene rings is 1. The molecule has 2 aromatic rings. The third-order valence-electron chi connectivity index (χ3n) is 5.00. The maximum absolute atomic E-state index is 12.6. The van der Waals surface area contributed by atoms with Gasteiger partial charge in [-0.05, 0) is 42.5 Å². The van der Waals surface area contributed by atoms with Crippen molar-refractivity contribution in [2.24, 2.45) is 0 Å². The fourth-order valence-electron chi connectivity index (χ4n) is 3.24. The predicted molar refractivity (Wildman–Crippen MR) is 106 cm³/mol. The Bertz CT molecular complexity index is 780. The molecule has 0 N–H and O–H groups in total. The van der Waals surface area contributed by atoms with Crippen LogP contribution in [0.4, 0.5) is 5.69 Å². The van der Waals surface area contributed by atoms with Crippen molar-refractivity contribution in [1.29, 1.82) is 0 Å². The molecule has 0 bridgehead atoms. The minimum Gasteiger partial charge on any atom is -0.368 e. The number of aryl methyl sites for hydroxylation is 1. The molecule has 0 aliphatic carbocycles. The number of anilines is 1. The number of amides is 2. The molecule has 1 aliphatic heterocycles. The van der Waals surface area contributed by atoms with E-state index in [1.165, 1.54) is 33.1 Å². The van der Waals surface area contributed by atoms with E-state index in [9.17, 15) is 9.59 Å². The van der Waals surface area contributed by atoms with Crippen molar-refractivity contribution < 1.29 is 9.59 Å². The Morgan fingerprint density at radius 1 is 1.08 bits per heavy atom. The molecule has 2 amide bonds. The Kier molecular flexibility index (Phi) is 5.61. The number of benzene rings is 1. The molecule has 2 heterocycles. The molecule has 0 unspecified atom stereocenters. The second kappa shape index (κ2) is 7.91. The fraction of sp³-hybridized carbons (Fsp3) is 0.400. The number of rotatable bonds is 4. The molecule has 0 spiro atoms. The normalized spacial score (nSPS) is 14.4. The number of carbonyl (C=O) groups excluding carboxylic acids is 2. The lowest BCUT2D eigenvalue weighted by Gasteiger charge is -2.37. The molecule has 0 saturated carbocycles. The molecule has 1 fully saturated rings. The summed E-state index contributed by atoms with van der Waals surface area (Å²) >= 11 is 1.40. The first-order valence-electron chi connectivity index (χ1n) is 8.85. The summed E-state index contributed by atoms with van der Waals surface area (Å²) in [5, 5.41) is 1.87. The minimum absolute atomic E-state index is 0.0121. The lowest BCUT2D eigenvalue weighted by Crippen LogP contribution is -2.51. The highest BCUT2D eigenvalue weighted by molar-refractivity contribution is 7.12. The molecule has 1 aliphatic rings. The molecular weight excluding hydrogens is 346 g/mol. The third kappa shape index (κ3) is 3.90. The van der Waals surface area contributed by atoms with Crippen molar-refractivity contribution in [2.45, 2.75) is 13.8 Å². The third-order valence-corrected chi connectivity index (χ3v) is 5.86. The van der Waals surface area contributed by atoms with E-state index in [0.29, 0.717) is 18.0 Å². The smallest absolute Gasteiger partial charge is 0.264 e. The van der Waals surface area contributed by atoms with E-state index in [0.717, 1.165) is 13.1 Å². The van der Waals surface area contributed by atoms with Gasteiger partial charge in [0.25, 0.3) is 5.91 Å². The molecule has 3 rings (SSSR count). The number of hydrogen-bond donors (Lipinski definition) is 0. The van der Waals surface area contributed by atoms with Gasteiger partial charge in [0.15, 0.2) is 0 Å². The van der Waals surface area contributed by atoms with Crippen LogP contribution < -0.4 is 4.90 Å². The topological polar surface area (TPSA) is 43.9 Å². The van der Waals surface area contributed by atoms with Gasteiger partial charge in [-0.3, -0.25) is 9.59 Å². The molecule has 6 heteroatoms. The summed E-state index contributed by atoms with van der Waals surface area (Å²) in [6.07, 6.45) is 0. The number of nitrogens with zero attached hydrogens (tertiary/aromatic N) is 3. The quantitative estimate of drug-likeness (QED) is 0.830. The van der Waals surface area contributed by atoms with Gasteiger partial charge in [-0.1, -0.05) is 18.2 Å². The van der Waals surface area contributed by atoms with Gasteiger partial charge in [-0.2, -0.15) is 0 Å². The van der Waals surface area contributed by atoms with Crippen molar-refractivity contribution in [3.63, 3.8) is 0 Å². The zero-order chi connectivity index (χ0) is 18.7. The second-order valence-electron chi connectivity index (χ2n) is 6.73. The summed E-state index contributed by atoms with van der Waals surface area (Å²) in [6, 6.07) is 9.99. The van der Waals surface area contributed by atoms with Gasteiger partial charge in [-0.25, -0.2) is 0 Å². The molecule has 0 radical (unpaired) electrons. The average Bonchev–Trinajstić information content (AvgIpc) is 3.18. The zero-order valence-electron chi connectivity index (χ0n) is 15.6. The van der Waals surface area contributed by atoms with E-state index in [1.807, 2.05) is 16.3 Å². The van der Waals surface area contributed by atoms with Crippen LogP contribution >= 0.6 is 11.3 Å². The van der Waals surface area contributed by atoms with Crippen LogP contribution in [0, 0.1) is 13.8 Å². The van der Waals surface area contributed by atoms with Crippen LogP contribution in [-0.2, 0) is 4.79 Å². The van der Waals surface area contributed by atoms with E-state index >= 15 is 0 Å². The minimum atomic E-state index is -0.0950. The van der Waals surface area contributed by atoms with Gasteiger partial charge in [-0.15, -0.1) is 11.3 Å². The maximum Gasteiger partial charge on any atom is 0.264 e. The largest absolute Gasteiger partial charge is 0.368 e. The van der Waals surface area contributed by atoms with Crippen molar-refractivity contribution in [2.75, 3.05) is 44.7 Å². The van der Waals surface area contributed by atoms with E-state index in [1.54, 1.807) is 13.1 Å². The number of hydrogen-bond acceptors (Lipinski definition) is 4. The first-order valence-corrected chi connectivity index (χ1v) is 9.73. The van der Waals surface area contributed by atoms with Crippen LogP contribution in [0.25, 0.3) is 0 Å². The maximum atomic E-state index is 12.6. The van der Waals surface area contributed by atoms with Gasteiger partial charge < -0.3 is 14.7 Å². The van der Waals surface area contributed by atoms with Crippen molar-refractivity contribution >= 4 is 28.8 Å². The summed E-state index contributed by atoms with van der Waals surface area (Å²) in [7, 11) is 1.69. The summed E-state index contributed by atoms with van der Waals surface area (Å²) in [5.74, 6) is -0.0830. The van der Waals surface area contributed by atoms with Crippen LogP contribution in [-0.4, -0.2) is 61.4 Å². The standard InChI is InChI=1S/C20H25N3O2S/c1-15-6-4-7-17(16(15)2)22-9-11-23(12-10-22)19(24)14-21(3)20(25)18-8-5-13-26-18/h4-8,13H,9-12,14H2,1-3H3. The van der Waals surface area contributed by atoms with Gasteiger partial charge in [0.05, 0.1) is 11.4 Å². The highest BCUT2D eigenvalue weighted by atomic mass is 32.1. The summed E-state index contributed by atoms with van der Waals surface area (Å²) in [6.45, 7) is 7.41. The Morgan fingerprint density at radius 2 is 1.81 bits per heavy atom. The highest BCUT2D eigenvalue weighted by Gasteiger charge is 2.24. The Hall–Kier alpha value is -2.34. The van der Waals surface area contributed by atoms with E-state index < -0.39 is 0 Å². The van der Waals surface area contributed by atoms with E-state index in [4.69, 9.17) is 0 Å². The number of carbonyl (C=O) groups is 2. The second-order valence-corrected chi connectivity index (χ2v) is 7.67. The summed E-state index contributed by atoms with van der Waals surface area (Å²) in [5.41, 5.74) is 3.84. The average molecular weight is 372 g/mol. The molecule has 5 nitrogen and oxygen atoms in total.